The van der Waals surface area contributed by atoms with Crippen molar-refractivity contribution in [3.05, 3.63) is 36.5 Å². The third-order valence-electron chi connectivity index (χ3n) is 12.1. The normalized spacial score (nSPS) is 34.1. The molecule has 0 bridgehead atoms. The number of unbranched alkanes of at least 4 members (excludes halogenated alkanes) is 12. The van der Waals surface area contributed by atoms with Gasteiger partial charge in [0.05, 0.1) is 38.6 Å². The summed E-state index contributed by atoms with van der Waals surface area (Å²) in [6.45, 7) is 1.51. The Morgan fingerprint density at radius 1 is 0.530 bits per heavy atom. The van der Waals surface area contributed by atoms with Crippen LogP contribution in [0.1, 0.15) is 123 Å². The van der Waals surface area contributed by atoms with Crippen LogP contribution in [0.5, 0.6) is 0 Å². The van der Waals surface area contributed by atoms with Crippen LogP contribution in [-0.4, -0.2) is 193 Å². The van der Waals surface area contributed by atoms with E-state index in [0.717, 1.165) is 57.8 Å². The Morgan fingerprint density at radius 2 is 1.00 bits per heavy atom. The molecular weight excluding hydrogens is 867 g/mol. The van der Waals surface area contributed by atoms with Crippen molar-refractivity contribution in [2.45, 2.75) is 227 Å². The van der Waals surface area contributed by atoms with Crippen molar-refractivity contribution in [2.24, 2.45) is 0 Å². The Hall–Kier alpha value is -1.99. The molecule has 17 atom stereocenters. The molecule has 0 aromatic rings. The minimum Gasteiger partial charge on any atom is -0.394 e. The number of hydrogen-bond donors (Lipinski definition) is 12. The van der Waals surface area contributed by atoms with Gasteiger partial charge in [-0.1, -0.05) is 102 Å². The lowest BCUT2D eigenvalue weighted by Crippen LogP contribution is -2.66. The number of aliphatic hydroxyl groups excluding tert-OH is 11. The third-order valence-corrected chi connectivity index (χ3v) is 12.1. The SMILES string of the molecule is CCC/C=C/CC/C=C/C(O)C(COC1OC(CO)C(OC2OC(CO)C(OC3OC(CO)C(O)C(O)C3O)C(O)C2O)C(O)C1O)NC(=O)CCCCCCC/C=C\CCCCCCC. The van der Waals surface area contributed by atoms with Crippen molar-refractivity contribution in [3.8, 4) is 0 Å². The Balaban J connectivity index is 1.56. The zero-order valence-corrected chi connectivity index (χ0v) is 38.9. The minimum atomic E-state index is -1.98. The average molecular weight is 950 g/mol. The third kappa shape index (κ3) is 19.1. The van der Waals surface area contributed by atoms with Crippen molar-refractivity contribution in [2.75, 3.05) is 26.4 Å². The zero-order valence-electron chi connectivity index (χ0n) is 38.9. The van der Waals surface area contributed by atoms with Crippen molar-refractivity contribution in [3.63, 3.8) is 0 Å². The maximum Gasteiger partial charge on any atom is 0.220 e. The smallest absolute Gasteiger partial charge is 0.220 e. The molecule has 19 heteroatoms. The van der Waals surface area contributed by atoms with E-state index in [-0.39, 0.29) is 18.9 Å². The van der Waals surface area contributed by atoms with Crippen LogP contribution in [0, 0.1) is 0 Å². The van der Waals surface area contributed by atoms with E-state index >= 15 is 0 Å². The number of ether oxygens (including phenoxy) is 6. The molecule has 3 aliphatic rings. The van der Waals surface area contributed by atoms with E-state index < -0.39 is 124 Å². The lowest BCUT2D eigenvalue weighted by atomic mass is 9.96. The summed E-state index contributed by atoms with van der Waals surface area (Å²) in [5, 5.41) is 119. The molecule has 3 fully saturated rings. The monoisotopic (exact) mass is 950 g/mol. The molecule has 0 aliphatic carbocycles. The Morgan fingerprint density at radius 3 is 1.58 bits per heavy atom. The van der Waals surface area contributed by atoms with E-state index in [1.807, 2.05) is 0 Å². The van der Waals surface area contributed by atoms with E-state index in [1.54, 1.807) is 12.2 Å². The van der Waals surface area contributed by atoms with Gasteiger partial charge in [0, 0.05) is 6.42 Å². The molecule has 19 nitrogen and oxygen atoms in total. The molecule has 3 heterocycles. The van der Waals surface area contributed by atoms with Crippen molar-refractivity contribution >= 4 is 5.91 Å². The number of amides is 1. The van der Waals surface area contributed by atoms with Crippen LogP contribution < -0.4 is 5.32 Å². The van der Waals surface area contributed by atoms with Crippen molar-refractivity contribution in [1.82, 2.24) is 5.32 Å². The highest BCUT2D eigenvalue weighted by Crippen LogP contribution is 2.33. The number of carbonyl (C=O) groups excluding carboxylic acids is 1. The number of nitrogens with one attached hydrogen (secondary N) is 1. The van der Waals surface area contributed by atoms with Gasteiger partial charge in [-0.2, -0.15) is 0 Å². The maximum absolute atomic E-state index is 13.1. The summed E-state index contributed by atoms with van der Waals surface area (Å²) in [4.78, 5) is 13.1. The van der Waals surface area contributed by atoms with E-state index in [2.05, 4.69) is 43.5 Å². The van der Waals surface area contributed by atoms with Crippen LogP contribution in [0.3, 0.4) is 0 Å². The molecule has 1 amide bonds. The van der Waals surface area contributed by atoms with Gasteiger partial charge in [0.15, 0.2) is 18.9 Å². The van der Waals surface area contributed by atoms with Gasteiger partial charge < -0.3 is 89.9 Å². The predicted molar refractivity (Wildman–Crippen MR) is 240 cm³/mol. The summed E-state index contributed by atoms with van der Waals surface area (Å²) in [7, 11) is 0. The molecule has 12 N–H and O–H groups in total. The van der Waals surface area contributed by atoms with E-state index in [9.17, 15) is 61.0 Å². The van der Waals surface area contributed by atoms with Gasteiger partial charge in [-0.05, 0) is 51.4 Å². The fraction of sp³-hybridized carbons (Fsp3) is 0.851. The van der Waals surface area contributed by atoms with E-state index in [1.165, 1.54) is 32.1 Å². The Kier molecular flexibility index (Phi) is 28.9. The summed E-state index contributed by atoms with van der Waals surface area (Å²) in [5.41, 5.74) is 0. The van der Waals surface area contributed by atoms with E-state index in [4.69, 9.17) is 28.4 Å². The van der Waals surface area contributed by atoms with Gasteiger partial charge in [0.1, 0.15) is 73.2 Å². The molecular formula is C47H83NO18. The Labute approximate surface area is 390 Å². The van der Waals surface area contributed by atoms with Crippen LogP contribution in [0.15, 0.2) is 36.5 Å². The van der Waals surface area contributed by atoms with E-state index in [0.29, 0.717) is 12.8 Å². The van der Waals surface area contributed by atoms with Crippen molar-refractivity contribution < 1.29 is 89.4 Å². The lowest BCUT2D eigenvalue weighted by molar-refractivity contribution is -0.379. The highest BCUT2D eigenvalue weighted by Gasteiger charge is 2.53. The van der Waals surface area contributed by atoms with Gasteiger partial charge in [0.2, 0.25) is 5.91 Å². The molecule has 0 saturated carbocycles. The van der Waals surface area contributed by atoms with Crippen LogP contribution in [0.4, 0.5) is 0 Å². The Bertz CT molecular complexity index is 1370. The molecule has 0 aromatic heterocycles. The number of hydrogen-bond acceptors (Lipinski definition) is 18. The first-order valence-electron chi connectivity index (χ1n) is 24.2. The summed E-state index contributed by atoms with van der Waals surface area (Å²) in [6, 6.07) is -0.988. The fourth-order valence-electron chi connectivity index (χ4n) is 8.03. The molecule has 384 valence electrons. The highest BCUT2D eigenvalue weighted by atomic mass is 16.8. The lowest BCUT2D eigenvalue weighted by Gasteiger charge is -2.48. The first-order chi connectivity index (χ1) is 31.8. The van der Waals surface area contributed by atoms with Gasteiger partial charge in [0.25, 0.3) is 0 Å². The van der Waals surface area contributed by atoms with Gasteiger partial charge in [-0.3, -0.25) is 4.79 Å². The molecule has 0 spiro atoms. The number of aliphatic hydroxyl groups is 11. The summed E-state index contributed by atoms with van der Waals surface area (Å²) in [6.07, 6.45) is 2.02. The number of rotatable bonds is 32. The first kappa shape index (κ1) is 58.3. The molecule has 0 aromatic carbocycles. The second-order valence-electron chi connectivity index (χ2n) is 17.6. The molecule has 3 rings (SSSR count). The maximum atomic E-state index is 13.1. The average Bonchev–Trinajstić information content (AvgIpc) is 3.31. The minimum absolute atomic E-state index is 0.224. The van der Waals surface area contributed by atoms with Gasteiger partial charge in [-0.25, -0.2) is 0 Å². The zero-order chi connectivity index (χ0) is 48.4. The largest absolute Gasteiger partial charge is 0.394 e. The topological polar surface area (TPSA) is 307 Å². The second kappa shape index (κ2) is 32.8. The quantitative estimate of drug-likeness (QED) is 0.0325. The van der Waals surface area contributed by atoms with Gasteiger partial charge >= 0.3 is 0 Å². The predicted octanol–water partition coefficient (Wildman–Crippen LogP) is 0.637. The second-order valence-corrected chi connectivity index (χ2v) is 17.6. The molecule has 3 aliphatic heterocycles. The van der Waals surface area contributed by atoms with Gasteiger partial charge in [-0.15, -0.1) is 0 Å². The van der Waals surface area contributed by atoms with Crippen LogP contribution in [0.25, 0.3) is 0 Å². The standard InChI is InChI=1S/C47H83NO18/c1-3-5-7-9-11-12-13-14-15-16-17-19-21-23-25-35(53)48-30(31(52)24-22-20-18-10-8-6-4-2)29-61-45-41(59)38(56)43(33(27-50)63-45)66-47-42(60)39(57)44(34(28-51)64-47)65-46-40(58)37(55)36(54)32(26-49)62-46/h8,10,13-14,22,24,30-34,36-47,49-52,54-60H,3-7,9,11-12,15-21,23,25-29H2,1-2H3,(H,48,53)/b10-8+,14-13-,24-22+. The van der Waals surface area contributed by atoms with Crippen LogP contribution in [0.2, 0.25) is 0 Å². The fourth-order valence-corrected chi connectivity index (χ4v) is 8.03. The first-order valence-corrected chi connectivity index (χ1v) is 24.2. The summed E-state index contributed by atoms with van der Waals surface area (Å²) < 4.78 is 33.9. The van der Waals surface area contributed by atoms with Crippen LogP contribution in [-0.2, 0) is 33.2 Å². The highest BCUT2D eigenvalue weighted by molar-refractivity contribution is 5.76. The van der Waals surface area contributed by atoms with Crippen LogP contribution >= 0.6 is 0 Å². The molecule has 0 radical (unpaired) electrons. The van der Waals surface area contributed by atoms with Crippen molar-refractivity contribution in [1.29, 1.82) is 0 Å². The number of carbonyl (C=O) groups is 1. The summed E-state index contributed by atoms with van der Waals surface area (Å²) in [5.74, 6) is -0.303. The molecule has 3 saturated heterocycles. The molecule has 66 heavy (non-hydrogen) atoms. The molecule has 17 unspecified atom stereocenters. The number of allylic oxidation sites excluding steroid dienone is 5. The summed E-state index contributed by atoms with van der Waals surface area (Å²) >= 11 is 0.